The highest BCUT2D eigenvalue weighted by molar-refractivity contribution is 9.12. The van der Waals surface area contributed by atoms with Gasteiger partial charge in [-0.2, -0.15) is 0 Å². The lowest BCUT2D eigenvalue weighted by Crippen LogP contribution is -2.54. The number of carbonyl (C=O) groups is 2. The van der Waals surface area contributed by atoms with Crippen molar-refractivity contribution < 1.29 is 14.3 Å². The fourth-order valence-corrected chi connectivity index (χ4v) is 4.89. The Hall–Kier alpha value is -0.280. The summed E-state index contributed by atoms with van der Waals surface area (Å²) in [6.45, 7) is 1.65. The second kappa shape index (κ2) is 7.13. The van der Waals surface area contributed by atoms with Crippen molar-refractivity contribution in [1.29, 1.82) is 0 Å². The van der Waals surface area contributed by atoms with Crippen molar-refractivity contribution in [2.75, 3.05) is 33.4 Å². The molecule has 110 valence electrons. The van der Waals surface area contributed by atoms with Crippen LogP contribution in [-0.4, -0.2) is 56.0 Å². The van der Waals surface area contributed by atoms with Gasteiger partial charge in [-0.15, -0.1) is 11.3 Å². The van der Waals surface area contributed by atoms with Crippen LogP contribution < -0.4 is 5.32 Å². The molecule has 8 heteroatoms. The molecule has 1 N–H and O–H groups in total. The first-order chi connectivity index (χ1) is 9.52. The molecule has 5 nitrogen and oxygen atoms in total. The number of amides is 1. The second-order valence-electron chi connectivity index (χ2n) is 4.34. The van der Waals surface area contributed by atoms with Crippen LogP contribution in [0.5, 0.6) is 0 Å². The fourth-order valence-electron chi connectivity index (χ4n) is 2.04. The van der Waals surface area contributed by atoms with Gasteiger partial charge in [0.1, 0.15) is 6.04 Å². The lowest BCUT2D eigenvalue weighted by Gasteiger charge is -2.33. The maximum absolute atomic E-state index is 12.3. The summed E-state index contributed by atoms with van der Waals surface area (Å²) >= 11 is 8.21. The lowest BCUT2D eigenvalue weighted by atomic mass is 10.1. The number of nitrogens with zero attached hydrogens (tertiary/aromatic N) is 1. The van der Waals surface area contributed by atoms with Crippen LogP contribution >= 0.6 is 43.2 Å². The first-order valence-corrected chi connectivity index (χ1v) is 8.44. The number of ketones is 1. The molecule has 0 aromatic carbocycles. The van der Waals surface area contributed by atoms with Crippen LogP contribution in [-0.2, 0) is 9.53 Å². The van der Waals surface area contributed by atoms with Crippen LogP contribution in [0, 0.1) is 0 Å². The molecule has 1 amide bonds. The SMILES string of the molecule is CNC(=O)C1COCCN1CC(=O)c1cc(Br)sc1Br. The molecule has 1 aromatic rings. The molecule has 0 aliphatic carbocycles. The molecule has 2 rings (SSSR count). The average molecular weight is 426 g/mol. The predicted octanol–water partition coefficient (Wildman–Crippen LogP) is 1.90. The minimum absolute atomic E-state index is 0.00497. The number of morpholine rings is 1. The third-order valence-electron chi connectivity index (χ3n) is 3.09. The third-order valence-corrected chi connectivity index (χ3v) is 5.43. The van der Waals surface area contributed by atoms with E-state index in [1.165, 1.54) is 11.3 Å². The zero-order valence-electron chi connectivity index (χ0n) is 10.8. The molecule has 0 bridgehead atoms. The molecule has 1 aromatic heterocycles. The zero-order chi connectivity index (χ0) is 14.7. The van der Waals surface area contributed by atoms with E-state index in [1.807, 2.05) is 4.90 Å². The highest BCUT2D eigenvalue weighted by Crippen LogP contribution is 2.32. The normalized spacial score (nSPS) is 19.9. The van der Waals surface area contributed by atoms with Crippen molar-refractivity contribution in [1.82, 2.24) is 10.2 Å². The minimum Gasteiger partial charge on any atom is -0.378 e. The molecule has 1 aliphatic rings. The summed E-state index contributed by atoms with van der Waals surface area (Å²) in [5.41, 5.74) is 0.643. The first-order valence-electron chi connectivity index (χ1n) is 6.04. The van der Waals surface area contributed by atoms with Gasteiger partial charge in [-0.3, -0.25) is 14.5 Å². The molecule has 1 saturated heterocycles. The topological polar surface area (TPSA) is 58.6 Å². The number of Topliss-reactive ketones (excluding diaryl/α,β-unsaturated/α-hetero) is 1. The van der Waals surface area contributed by atoms with E-state index < -0.39 is 6.04 Å². The molecule has 1 atom stereocenters. The van der Waals surface area contributed by atoms with E-state index in [9.17, 15) is 9.59 Å². The van der Waals surface area contributed by atoms with Gasteiger partial charge in [0.15, 0.2) is 5.78 Å². The van der Waals surface area contributed by atoms with Gasteiger partial charge in [0.25, 0.3) is 0 Å². The predicted molar refractivity (Wildman–Crippen MR) is 84.3 cm³/mol. The number of rotatable bonds is 4. The number of carbonyl (C=O) groups excluding carboxylic acids is 2. The Morgan fingerprint density at radius 2 is 2.30 bits per heavy atom. The van der Waals surface area contributed by atoms with E-state index in [1.54, 1.807) is 13.1 Å². The van der Waals surface area contributed by atoms with Gasteiger partial charge < -0.3 is 10.1 Å². The molecule has 0 radical (unpaired) electrons. The summed E-state index contributed by atoms with van der Waals surface area (Å²) in [5.74, 6) is -0.127. The van der Waals surface area contributed by atoms with Gasteiger partial charge in [0, 0.05) is 19.2 Å². The molecule has 20 heavy (non-hydrogen) atoms. The number of hydrogen-bond donors (Lipinski definition) is 1. The number of likely N-dealkylation sites (N-methyl/N-ethyl adjacent to an activating group) is 1. The minimum atomic E-state index is -0.404. The van der Waals surface area contributed by atoms with Crippen molar-refractivity contribution in [3.8, 4) is 0 Å². The molecule has 0 spiro atoms. The summed E-state index contributed by atoms with van der Waals surface area (Å²) in [6, 6.07) is 1.39. The Bertz CT molecular complexity index is 521. The summed E-state index contributed by atoms with van der Waals surface area (Å²) in [7, 11) is 1.59. The monoisotopic (exact) mass is 424 g/mol. The van der Waals surface area contributed by atoms with Gasteiger partial charge in [-0.25, -0.2) is 0 Å². The van der Waals surface area contributed by atoms with Crippen LogP contribution in [0.1, 0.15) is 10.4 Å². The van der Waals surface area contributed by atoms with Gasteiger partial charge in [-0.1, -0.05) is 0 Å². The van der Waals surface area contributed by atoms with Crippen LogP contribution in [0.2, 0.25) is 0 Å². The van der Waals surface area contributed by atoms with E-state index in [4.69, 9.17) is 4.74 Å². The largest absolute Gasteiger partial charge is 0.378 e. The number of ether oxygens (including phenoxy) is 1. The van der Waals surface area contributed by atoms with E-state index >= 15 is 0 Å². The highest BCUT2D eigenvalue weighted by Gasteiger charge is 2.30. The van der Waals surface area contributed by atoms with Crippen LogP contribution in [0.4, 0.5) is 0 Å². The van der Waals surface area contributed by atoms with Crippen molar-refractivity contribution in [3.05, 3.63) is 19.2 Å². The van der Waals surface area contributed by atoms with E-state index in [2.05, 4.69) is 37.2 Å². The Balaban J connectivity index is 2.08. The fraction of sp³-hybridized carbons (Fsp3) is 0.500. The Morgan fingerprint density at radius 1 is 1.55 bits per heavy atom. The van der Waals surface area contributed by atoms with E-state index in [0.29, 0.717) is 25.3 Å². The molecular formula is C12H14Br2N2O3S. The standard InChI is InChI=1S/C12H14Br2N2O3S/c1-15-12(18)8-6-19-3-2-16(8)5-9(17)7-4-10(13)20-11(7)14/h4,8H,2-3,5-6H2,1H3,(H,15,18). The summed E-state index contributed by atoms with van der Waals surface area (Å²) in [5, 5.41) is 2.61. The van der Waals surface area contributed by atoms with Gasteiger partial charge >= 0.3 is 0 Å². The van der Waals surface area contributed by atoms with Crippen molar-refractivity contribution >= 4 is 54.9 Å². The smallest absolute Gasteiger partial charge is 0.239 e. The number of nitrogens with one attached hydrogen (secondary N) is 1. The quantitative estimate of drug-likeness (QED) is 0.748. The van der Waals surface area contributed by atoms with Crippen LogP contribution in [0.15, 0.2) is 13.6 Å². The maximum Gasteiger partial charge on any atom is 0.239 e. The lowest BCUT2D eigenvalue weighted by molar-refractivity contribution is -0.131. The first kappa shape index (κ1) is 16.1. The van der Waals surface area contributed by atoms with Crippen LogP contribution in [0.3, 0.4) is 0 Å². The molecule has 0 saturated carbocycles. The van der Waals surface area contributed by atoms with E-state index in [0.717, 1.165) is 7.57 Å². The summed E-state index contributed by atoms with van der Waals surface area (Å²) in [4.78, 5) is 26.0. The van der Waals surface area contributed by atoms with Crippen LogP contribution in [0.25, 0.3) is 0 Å². The number of hydrogen-bond acceptors (Lipinski definition) is 5. The number of thiophene rings is 1. The molecular weight excluding hydrogens is 412 g/mol. The highest BCUT2D eigenvalue weighted by atomic mass is 79.9. The van der Waals surface area contributed by atoms with Crippen molar-refractivity contribution in [2.45, 2.75) is 6.04 Å². The van der Waals surface area contributed by atoms with Crippen molar-refractivity contribution in [3.63, 3.8) is 0 Å². The molecule has 2 heterocycles. The Kier molecular flexibility index (Phi) is 5.74. The van der Waals surface area contributed by atoms with Gasteiger partial charge in [-0.05, 0) is 37.9 Å². The Labute approximate surface area is 137 Å². The third kappa shape index (κ3) is 3.67. The number of halogens is 2. The summed E-state index contributed by atoms with van der Waals surface area (Å²) < 4.78 is 7.03. The van der Waals surface area contributed by atoms with Gasteiger partial charge in [0.05, 0.1) is 27.3 Å². The summed E-state index contributed by atoms with van der Waals surface area (Å²) in [6.07, 6.45) is 0. The van der Waals surface area contributed by atoms with Gasteiger partial charge in [0.2, 0.25) is 5.91 Å². The zero-order valence-corrected chi connectivity index (χ0v) is 14.8. The second-order valence-corrected chi connectivity index (χ2v) is 8.09. The molecule has 1 unspecified atom stereocenters. The molecule has 1 fully saturated rings. The average Bonchev–Trinajstić information content (AvgIpc) is 2.77. The Morgan fingerprint density at radius 3 is 2.90 bits per heavy atom. The van der Waals surface area contributed by atoms with Crippen molar-refractivity contribution in [2.24, 2.45) is 0 Å². The molecule has 1 aliphatic heterocycles. The maximum atomic E-state index is 12.3. The van der Waals surface area contributed by atoms with E-state index in [-0.39, 0.29) is 18.2 Å².